The number of hydrogen-bond acceptors (Lipinski definition) is 6. The van der Waals surface area contributed by atoms with E-state index < -0.39 is 23.7 Å². The molecular formula is C36H42ClN3O5. The van der Waals surface area contributed by atoms with Gasteiger partial charge in [-0.25, -0.2) is 9.59 Å². The molecule has 2 aromatic carbocycles. The Labute approximate surface area is 270 Å². The number of carbonyl (C=O) groups excluding carboxylic acids is 1. The molecule has 2 heterocycles. The number of amides is 1. The minimum absolute atomic E-state index is 0.142. The zero-order valence-corrected chi connectivity index (χ0v) is 27.0. The summed E-state index contributed by atoms with van der Waals surface area (Å²) in [5, 5.41) is 12.8. The molecule has 3 aromatic rings. The molecule has 2 aliphatic rings. The second-order valence-corrected chi connectivity index (χ2v) is 13.2. The van der Waals surface area contributed by atoms with Gasteiger partial charge in [-0.1, -0.05) is 41.4 Å². The van der Waals surface area contributed by atoms with Gasteiger partial charge in [0.2, 0.25) is 0 Å². The molecule has 0 saturated carbocycles. The highest BCUT2D eigenvalue weighted by Crippen LogP contribution is 2.38. The number of aromatic nitrogens is 1. The van der Waals surface area contributed by atoms with E-state index in [1.807, 2.05) is 42.6 Å². The molecule has 8 nitrogen and oxygen atoms in total. The van der Waals surface area contributed by atoms with Gasteiger partial charge in [0, 0.05) is 42.8 Å². The number of halogens is 1. The number of nitrogens with one attached hydrogen (secondary N) is 1. The van der Waals surface area contributed by atoms with Crippen LogP contribution in [-0.2, 0) is 28.8 Å². The fourth-order valence-electron chi connectivity index (χ4n) is 6.02. The van der Waals surface area contributed by atoms with Gasteiger partial charge in [0.25, 0.3) is 0 Å². The number of fused-ring (bicyclic) bond motifs is 2. The van der Waals surface area contributed by atoms with E-state index in [9.17, 15) is 14.7 Å². The Bertz CT molecular complexity index is 1540. The summed E-state index contributed by atoms with van der Waals surface area (Å²) in [5.41, 5.74) is 7.85. The van der Waals surface area contributed by atoms with Gasteiger partial charge >= 0.3 is 12.1 Å². The summed E-state index contributed by atoms with van der Waals surface area (Å²) >= 11 is 6.38. The average Bonchev–Trinajstić information content (AvgIpc) is 3.16. The van der Waals surface area contributed by atoms with Crippen LogP contribution in [0.25, 0.3) is 5.57 Å². The smallest absolute Gasteiger partial charge is 0.408 e. The van der Waals surface area contributed by atoms with Crippen LogP contribution in [0.1, 0.15) is 68.0 Å². The highest BCUT2D eigenvalue weighted by atomic mass is 35.5. The number of hydrogen-bond donors (Lipinski definition) is 2. The zero-order valence-electron chi connectivity index (χ0n) is 26.3. The lowest BCUT2D eigenvalue weighted by atomic mass is 9.88. The molecule has 5 rings (SSSR count). The SMILES string of the molecule is CC(C)(C)OC(=O)N[C@@H](Cc1ccc(OCCCN2CCC(=C3c4ccc(Cl)cc4CCc4cccnc43)CC2)cc1)C(=O)O. The lowest BCUT2D eigenvalue weighted by Gasteiger charge is -2.30. The average molecular weight is 632 g/mol. The Kier molecular flexibility index (Phi) is 10.5. The van der Waals surface area contributed by atoms with E-state index in [1.54, 1.807) is 20.8 Å². The van der Waals surface area contributed by atoms with Gasteiger partial charge in [-0.2, -0.15) is 0 Å². The lowest BCUT2D eigenvalue weighted by Crippen LogP contribution is -2.44. The molecule has 0 radical (unpaired) electrons. The number of carboxylic acid groups (broad SMARTS) is 1. The first-order valence-electron chi connectivity index (χ1n) is 15.7. The Hall–Kier alpha value is -3.88. The predicted octanol–water partition coefficient (Wildman–Crippen LogP) is 6.72. The van der Waals surface area contributed by atoms with E-state index in [4.69, 9.17) is 26.1 Å². The summed E-state index contributed by atoms with van der Waals surface area (Å²) in [6.07, 6.45) is 6.15. The Balaban J connectivity index is 1.11. The fraction of sp³-hybridized carbons (Fsp3) is 0.417. The first kappa shape index (κ1) is 32.5. The Morgan fingerprint density at radius 3 is 2.47 bits per heavy atom. The van der Waals surface area contributed by atoms with E-state index in [2.05, 4.69) is 28.4 Å². The highest BCUT2D eigenvalue weighted by Gasteiger charge is 2.26. The van der Waals surface area contributed by atoms with Gasteiger partial charge in [0.15, 0.2) is 0 Å². The number of nitrogens with zero attached hydrogens (tertiary/aromatic N) is 2. The quantitative estimate of drug-likeness (QED) is 0.253. The third kappa shape index (κ3) is 8.86. The van der Waals surface area contributed by atoms with Crippen molar-refractivity contribution >= 4 is 29.2 Å². The van der Waals surface area contributed by atoms with Crippen LogP contribution in [0.3, 0.4) is 0 Å². The van der Waals surface area contributed by atoms with Crippen molar-refractivity contribution in [3.8, 4) is 5.75 Å². The predicted molar refractivity (Wildman–Crippen MR) is 176 cm³/mol. The number of alkyl carbamates (subject to hydrolysis) is 1. The van der Waals surface area contributed by atoms with Crippen molar-refractivity contribution in [1.29, 1.82) is 0 Å². The summed E-state index contributed by atoms with van der Waals surface area (Å²) in [6, 6.07) is 16.8. The summed E-state index contributed by atoms with van der Waals surface area (Å²) in [6.45, 7) is 8.74. The summed E-state index contributed by atoms with van der Waals surface area (Å²) in [4.78, 5) is 31.1. The van der Waals surface area contributed by atoms with Crippen molar-refractivity contribution in [3.63, 3.8) is 0 Å². The van der Waals surface area contributed by atoms with E-state index >= 15 is 0 Å². The molecule has 0 spiro atoms. The van der Waals surface area contributed by atoms with Crippen LogP contribution in [-0.4, -0.2) is 64.9 Å². The van der Waals surface area contributed by atoms with Crippen molar-refractivity contribution in [1.82, 2.24) is 15.2 Å². The number of piperidine rings is 1. The molecule has 238 valence electrons. The van der Waals surface area contributed by atoms with Crippen LogP contribution in [0.2, 0.25) is 5.02 Å². The first-order valence-corrected chi connectivity index (χ1v) is 16.0. The molecule has 1 saturated heterocycles. The minimum atomic E-state index is -1.12. The van der Waals surface area contributed by atoms with Crippen LogP contribution in [0, 0.1) is 0 Å². The monoisotopic (exact) mass is 631 g/mol. The number of ether oxygens (including phenoxy) is 2. The molecule has 1 aromatic heterocycles. The van der Waals surface area contributed by atoms with Crippen molar-refractivity contribution in [2.45, 2.75) is 70.9 Å². The van der Waals surface area contributed by atoms with Gasteiger partial charge in [-0.15, -0.1) is 0 Å². The summed E-state index contributed by atoms with van der Waals surface area (Å²) in [7, 11) is 0. The van der Waals surface area contributed by atoms with Gasteiger partial charge in [0.05, 0.1) is 12.3 Å². The van der Waals surface area contributed by atoms with Crippen molar-refractivity contribution in [2.24, 2.45) is 0 Å². The normalized spacial score (nSPS) is 15.8. The number of aryl methyl sites for hydroxylation is 2. The standard InChI is InChI=1S/C36H42ClN3O5/c1-36(2,3)45-35(43)39-31(34(41)42)22-24-7-12-29(13-8-24)44-21-5-18-40-19-15-25(16-20-40)32-30-14-11-28(37)23-27(30)10-9-26-6-4-17-38-33(26)32/h4,6-8,11-14,17,23,31H,5,9-10,15-16,18-22H2,1-3H3,(H,39,43)(H,41,42)/t31-/m0/s1. The zero-order chi connectivity index (χ0) is 32.0. The largest absolute Gasteiger partial charge is 0.494 e. The fourth-order valence-corrected chi connectivity index (χ4v) is 6.21. The number of likely N-dealkylation sites (tertiary alicyclic amines) is 1. The maximum absolute atomic E-state index is 12.1. The van der Waals surface area contributed by atoms with Gasteiger partial charge in [-0.05, 0) is 105 Å². The highest BCUT2D eigenvalue weighted by molar-refractivity contribution is 6.30. The molecule has 1 aliphatic heterocycles. The number of benzene rings is 2. The third-order valence-electron chi connectivity index (χ3n) is 8.18. The number of carbonyl (C=O) groups is 2. The molecular weight excluding hydrogens is 590 g/mol. The van der Waals surface area contributed by atoms with Crippen LogP contribution < -0.4 is 10.1 Å². The molecule has 1 amide bonds. The Morgan fingerprint density at radius 2 is 1.76 bits per heavy atom. The van der Waals surface area contributed by atoms with Crippen LogP contribution >= 0.6 is 11.6 Å². The summed E-state index contributed by atoms with van der Waals surface area (Å²) < 4.78 is 11.2. The molecule has 45 heavy (non-hydrogen) atoms. The van der Waals surface area contributed by atoms with Crippen molar-refractivity contribution < 1.29 is 24.2 Å². The summed E-state index contributed by atoms with van der Waals surface area (Å²) in [5.74, 6) is -0.387. The first-order chi connectivity index (χ1) is 21.6. The number of rotatable bonds is 9. The van der Waals surface area contributed by atoms with Crippen LogP contribution in [0.5, 0.6) is 5.75 Å². The molecule has 1 fully saturated rings. The van der Waals surface area contributed by atoms with Crippen LogP contribution in [0.15, 0.2) is 66.4 Å². The number of pyridine rings is 1. The molecule has 0 bridgehead atoms. The van der Waals surface area contributed by atoms with Gasteiger partial charge < -0.3 is 24.8 Å². The second kappa shape index (κ2) is 14.5. The maximum Gasteiger partial charge on any atom is 0.408 e. The topological polar surface area (TPSA) is 101 Å². The van der Waals surface area contributed by atoms with E-state index in [0.29, 0.717) is 6.61 Å². The molecule has 1 atom stereocenters. The second-order valence-electron chi connectivity index (χ2n) is 12.7. The minimum Gasteiger partial charge on any atom is -0.494 e. The molecule has 9 heteroatoms. The number of carboxylic acids is 1. The molecule has 2 N–H and O–H groups in total. The van der Waals surface area contributed by atoms with Crippen LogP contribution in [0.4, 0.5) is 4.79 Å². The van der Waals surface area contributed by atoms with E-state index in [0.717, 1.165) is 73.8 Å². The molecule has 1 aliphatic carbocycles. The van der Waals surface area contributed by atoms with Crippen molar-refractivity contribution in [2.75, 3.05) is 26.2 Å². The van der Waals surface area contributed by atoms with Gasteiger partial charge in [0.1, 0.15) is 17.4 Å². The Morgan fingerprint density at radius 1 is 1.02 bits per heavy atom. The lowest BCUT2D eigenvalue weighted by molar-refractivity contribution is -0.139. The maximum atomic E-state index is 12.1. The van der Waals surface area contributed by atoms with E-state index in [-0.39, 0.29) is 6.42 Å². The van der Waals surface area contributed by atoms with Crippen molar-refractivity contribution in [3.05, 3.63) is 99.3 Å². The third-order valence-corrected chi connectivity index (χ3v) is 8.42. The van der Waals surface area contributed by atoms with E-state index in [1.165, 1.54) is 27.8 Å². The molecule has 0 unspecified atom stereocenters. The van der Waals surface area contributed by atoms with Gasteiger partial charge in [-0.3, -0.25) is 4.98 Å². The number of aliphatic carboxylic acids is 1.